The van der Waals surface area contributed by atoms with E-state index in [0.29, 0.717) is 22.6 Å². The first-order valence-electron chi connectivity index (χ1n) is 9.79. The number of rotatable bonds is 5. The predicted octanol–water partition coefficient (Wildman–Crippen LogP) is 5.14. The van der Waals surface area contributed by atoms with Crippen molar-refractivity contribution in [2.24, 2.45) is 0 Å². The second kappa shape index (κ2) is 8.74. The molecule has 1 fully saturated rings. The first-order chi connectivity index (χ1) is 15.0. The minimum atomic E-state index is -0.819. The standard InChI is InChI=1S/C25H19ClFNO3/c26-19-10-6-18(7-11-19)23(29)21-22(17-8-12-20(27)13-9-17)28(25(31)24(21)30)15-14-16-4-2-1-3-5-16/h1-13,22,29H,14-15H2/b23-21+. The summed E-state index contributed by atoms with van der Waals surface area (Å²) in [5.74, 6) is -2.18. The van der Waals surface area contributed by atoms with Crippen molar-refractivity contribution in [2.75, 3.05) is 6.54 Å². The molecular formula is C25H19ClFNO3. The minimum absolute atomic E-state index is 0.0213. The van der Waals surface area contributed by atoms with Crippen molar-refractivity contribution in [1.29, 1.82) is 0 Å². The molecule has 0 aliphatic carbocycles. The Labute approximate surface area is 184 Å². The molecule has 1 unspecified atom stereocenters. The van der Waals surface area contributed by atoms with Gasteiger partial charge in [-0.2, -0.15) is 0 Å². The molecule has 3 aromatic carbocycles. The van der Waals surface area contributed by atoms with Crippen LogP contribution in [0.3, 0.4) is 0 Å². The smallest absolute Gasteiger partial charge is 0.295 e. The van der Waals surface area contributed by atoms with Gasteiger partial charge >= 0.3 is 0 Å². The third kappa shape index (κ3) is 4.23. The Hall–Kier alpha value is -3.44. The molecule has 4 nitrogen and oxygen atoms in total. The lowest BCUT2D eigenvalue weighted by Crippen LogP contribution is -2.31. The van der Waals surface area contributed by atoms with E-state index in [4.69, 9.17) is 11.6 Å². The monoisotopic (exact) mass is 435 g/mol. The molecule has 1 amide bonds. The van der Waals surface area contributed by atoms with Gasteiger partial charge in [-0.25, -0.2) is 4.39 Å². The number of nitrogens with zero attached hydrogens (tertiary/aromatic N) is 1. The molecule has 0 spiro atoms. The lowest BCUT2D eigenvalue weighted by molar-refractivity contribution is -0.139. The lowest BCUT2D eigenvalue weighted by atomic mass is 9.95. The second-order valence-corrected chi connectivity index (χ2v) is 7.72. The Balaban J connectivity index is 1.78. The van der Waals surface area contributed by atoms with E-state index in [-0.39, 0.29) is 17.9 Å². The van der Waals surface area contributed by atoms with Gasteiger partial charge in [0.1, 0.15) is 11.6 Å². The van der Waals surface area contributed by atoms with E-state index < -0.39 is 23.5 Å². The van der Waals surface area contributed by atoms with Gasteiger partial charge in [0.25, 0.3) is 11.7 Å². The Bertz CT molecular complexity index is 1140. The van der Waals surface area contributed by atoms with Crippen molar-refractivity contribution < 1.29 is 19.1 Å². The molecule has 1 aliphatic heterocycles. The fourth-order valence-corrected chi connectivity index (χ4v) is 3.89. The Kier molecular flexibility index (Phi) is 5.87. The number of hydrogen-bond acceptors (Lipinski definition) is 3. The van der Waals surface area contributed by atoms with Gasteiger partial charge in [0.05, 0.1) is 11.6 Å². The number of aliphatic hydroxyl groups excluding tert-OH is 1. The molecule has 1 aliphatic rings. The summed E-state index contributed by atoms with van der Waals surface area (Å²) in [6.07, 6.45) is 0.534. The van der Waals surface area contributed by atoms with Gasteiger partial charge in [0.15, 0.2) is 0 Å². The summed E-state index contributed by atoms with van der Waals surface area (Å²) < 4.78 is 13.5. The van der Waals surface area contributed by atoms with Crippen LogP contribution >= 0.6 is 11.6 Å². The van der Waals surface area contributed by atoms with E-state index in [1.807, 2.05) is 30.3 Å². The molecule has 3 aromatic rings. The summed E-state index contributed by atoms with van der Waals surface area (Å²) in [6.45, 7) is 0.272. The topological polar surface area (TPSA) is 57.6 Å². The van der Waals surface area contributed by atoms with Crippen molar-refractivity contribution in [3.8, 4) is 0 Å². The number of aliphatic hydroxyl groups is 1. The van der Waals surface area contributed by atoms with E-state index in [1.165, 1.54) is 29.2 Å². The normalized spacial score (nSPS) is 17.9. The zero-order valence-corrected chi connectivity index (χ0v) is 17.2. The maximum absolute atomic E-state index is 13.5. The summed E-state index contributed by atoms with van der Waals surface area (Å²) >= 11 is 5.93. The third-order valence-corrected chi connectivity index (χ3v) is 5.58. The van der Waals surface area contributed by atoms with E-state index in [1.54, 1.807) is 24.3 Å². The zero-order valence-electron chi connectivity index (χ0n) is 16.5. The van der Waals surface area contributed by atoms with Crippen LogP contribution in [0.2, 0.25) is 5.02 Å². The third-order valence-electron chi connectivity index (χ3n) is 5.33. The van der Waals surface area contributed by atoms with Gasteiger partial charge in [0.2, 0.25) is 0 Å². The molecule has 0 bridgehead atoms. The molecule has 0 radical (unpaired) electrons. The van der Waals surface area contributed by atoms with Crippen LogP contribution in [0, 0.1) is 5.82 Å². The number of ketones is 1. The predicted molar refractivity (Wildman–Crippen MR) is 117 cm³/mol. The maximum Gasteiger partial charge on any atom is 0.295 e. The van der Waals surface area contributed by atoms with E-state index in [2.05, 4.69) is 0 Å². The second-order valence-electron chi connectivity index (χ2n) is 7.29. The summed E-state index contributed by atoms with van der Waals surface area (Å²) in [5.41, 5.74) is 1.91. The molecule has 1 atom stereocenters. The number of likely N-dealkylation sites (tertiary alicyclic amines) is 1. The van der Waals surface area contributed by atoms with Crippen molar-refractivity contribution in [2.45, 2.75) is 12.5 Å². The van der Waals surface area contributed by atoms with Crippen LogP contribution < -0.4 is 0 Å². The summed E-state index contributed by atoms with van der Waals surface area (Å²) in [5, 5.41) is 11.4. The zero-order chi connectivity index (χ0) is 22.0. The Morgan fingerprint density at radius 1 is 0.935 bits per heavy atom. The van der Waals surface area contributed by atoms with Crippen LogP contribution in [0.5, 0.6) is 0 Å². The van der Waals surface area contributed by atoms with Crippen LogP contribution in [0.15, 0.2) is 84.4 Å². The van der Waals surface area contributed by atoms with E-state index >= 15 is 0 Å². The average Bonchev–Trinajstić information content (AvgIpc) is 3.04. The highest BCUT2D eigenvalue weighted by molar-refractivity contribution is 6.46. The first-order valence-corrected chi connectivity index (χ1v) is 10.2. The van der Waals surface area contributed by atoms with E-state index in [0.717, 1.165) is 5.56 Å². The van der Waals surface area contributed by atoms with Gasteiger partial charge in [-0.1, -0.05) is 54.1 Å². The number of Topliss-reactive ketones (excluding diaryl/α,β-unsaturated/α-hetero) is 1. The number of hydrogen-bond donors (Lipinski definition) is 1. The Morgan fingerprint density at radius 2 is 1.58 bits per heavy atom. The highest BCUT2D eigenvalue weighted by Gasteiger charge is 2.45. The number of halogens is 2. The molecule has 0 aromatic heterocycles. The number of carbonyl (C=O) groups excluding carboxylic acids is 2. The van der Waals surface area contributed by atoms with Gasteiger partial charge < -0.3 is 10.0 Å². The average molecular weight is 436 g/mol. The van der Waals surface area contributed by atoms with Crippen molar-refractivity contribution in [3.05, 3.63) is 112 Å². The maximum atomic E-state index is 13.5. The molecule has 6 heteroatoms. The fourth-order valence-electron chi connectivity index (χ4n) is 3.76. The largest absolute Gasteiger partial charge is 0.507 e. The van der Waals surface area contributed by atoms with Gasteiger partial charge in [-0.05, 0) is 53.9 Å². The number of amides is 1. The molecule has 31 heavy (non-hydrogen) atoms. The minimum Gasteiger partial charge on any atom is -0.507 e. The van der Waals surface area contributed by atoms with Crippen LogP contribution in [0.25, 0.3) is 5.76 Å². The molecule has 1 heterocycles. The van der Waals surface area contributed by atoms with Gasteiger partial charge in [-0.15, -0.1) is 0 Å². The quantitative estimate of drug-likeness (QED) is 0.343. The van der Waals surface area contributed by atoms with Gasteiger partial charge in [-0.3, -0.25) is 9.59 Å². The van der Waals surface area contributed by atoms with Crippen LogP contribution in [-0.2, 0) is 16.0 Å². The summed E-state index contributed by atoms with van der Waals surface area (Å²) in [6, 6.07) is 20.7. The van der Waals surface area contributed by atoms with Crippen LogP contribution in [0.4, 0.5) is 4.39 Å². The van der Waals surface area contributed by atoms with Crippen molar-refractivity contribution >= 4 is 29.1 Å². The molecule has 1 saturated heterocycles. The summed E-state index contributed by atoms with van der Waals surface area (Å²) in [4.78, 5) is 27.3. The molecule has 1 N–H and O–H groups in total. The lowest BCUT2D eigenvalue weighted by Gasteiger charge is -2.25. The summed E-state index contributed by atoms with van der Waals surface area (Å²) in [7, 11) is 0. The fraction of sp³-hybridized carbons (Fsp3) is 0.120. The first kappa shape index (κ1) is 20.8. The van der Waals surface area contributed by atoms with Gasteiger partial charge in [0, 0.05) is 17.1 Å². The molecule has 4 rings (SSSR count). The molecule has 156 valence electrons. The highest BCUT2D eigenvalue weighted by atomic mass is 35.5. The van der Waals surface area contributed by atoms with Crippen molar-refractivity contribution in [3.63, 3.8) is 0 Å². The van der Waals surface area contributed by atoms with Crippen LogP contribution in [0.1, 0.15) is 22.7 Å². The van der Waals surface area contributed by atoms with Crippen LogP contribution in [-0.4, -0.2) is 28.2 Å². The molecule has 0 saturated carbocycles. The SMILES string of the molecule is O=C1C(=O)N(CCc2ccccc2)C(c2ccc(F)cc2)/C1=C(\O)c1ccc(Cl)cc1. The van der Waals surface area contributed by atoms with Crippen molar-refractivity contribution in [1.82, 2.24) is 4.90 Å². The molecular weight excluding hydrogens is 417 g/mol. The highest BCUT2D eigenvalue weighted by Crippen LogP contribution is 2.39. The van der Waals surface area contributed by atoms with E-state index in [9.17, 15) is 19.1 Å². The Morgan fingerprint density at radius 3 is 2.23 bits per heavy atom. The number of carbonyl (C=O) groups is 2. The number of benzene rings is 3.